The van der Waals surface area contributed by atoms with Crippen molar-refractivity contribution in [3.8, 4) is 78.9 Å². The molecule has 51 heavy (non-hydrogen) atoms. The Labute approximate surface area is 296 Å². The highest BCUT2D eigenvalue weighted by Crippen LogP contribution is 2.38. The highest BCUT2D eigenvalue weighted by atomic mass is 16.5. The molecule has 0 bridgehead atoms. The molecule has 4 aromatic heterocycles. The van der Waals surface area contributed by atoms with E-state index in [1.54, 1.807) is 0 Å². The fourth-order valence-corrected chi connectivity index (χ4v) is 6.22. The summed E-state index contributed by atoms with van der Waals surface area (Å²) >= 11 is 0. The smallest absolute Gasteiger partial charge is 0.134 e. The van der Waals surface area contributed by atoms with Gasteiger partial charge >= 0.3 is 0 Å². The summed E-state index contributed by atoms with van der Waals surface area (Å²) in [5.41, 5.74) is 10.7. The molecule has 8 rings (SSSR count). The molecule has 0 saturated heterocycles. The van der Waals surface area contributed by atoms with E-state index in [1.807, 2.05) is 113 Å². The van der Waals surface area contributed by atoms with Gasteiger partial charge < -0.3 is 13.6 Å². The van der Waals surface area contributed by atoms with Crippen LogP contribution < -0.4 is 4.74 Å². The van der Waals surface area contributed by atoms with E-state index in [1.165, 1.54) is 0 Å². The molecule has 0 fully saturated rings. The van der Waals surface area contributed by atoms with Crippen molar-refractivity contribution in [3.63, 3.8) is 0 Å². The molecule has 0 unspecified atom stereocenters. The van der Waals surface area contributed by atoms with Crippen molar-refractivity contribution < 1.29 is 13.6 Å². The summed E-state index contributed by atoms with van der Waals surface area (Å²) in [5.74, 6) is 4.31. The molecule has 0 saturated carbocycles. The number of aryl methyl sites for hydroxylation is 4. The minimum atomic E-state index is 0.610. The van der Waals surface area contributed by atoms with E-state index < -0.39 is 0 Å². The van der Waals surface area contributed by atoms with Gasteiger partial charge in [0, 0.05) is 33.4 Å². The van der Waals surface area contributed by atoms with Crippen LogP contribution in [-0.2, 0) is 0 Å². The summed E-state index contributed by atoms with van der Waals surface area (Å²) < 4.78 is 18.9. The van der Waals surface area contributed by atoms with Crippen molar-refractivity contribution in [3.05, 3.63) is 156 Å². The van der Waals surface area contributed by atoms with Gasteiger partial charge in [-0.05, 0) is 112 Å². The van der Waals surface area contributed by atoms with Crippen LogP contribution in [0.5, 0.6) is 11.5 Å². The molecule has 248 valence electrons. The number of hydrogen-bond donors (Lipinski definition) is 0. The molecular weight excluding hydrogens is 633 g/mol. The minimum absolute atomic E-state index is 0.610. The first-order chi connectivity index (χ1) is 24.9. The van der Waals surface area contributed by atoms with Gasteiger partial charge in [-0.2, -0.15) is 20.4 Å². The van der Waals surface area contributed by atoms with Gasteiger partial charge in [-0.1, -0.05) is 60.7 Å². The maximum Gasteiger partial charge on any atom is 0.134 e. The Balaban J connectivity index is 1.25. The Bertz CT molecular complexity index is 2330. The lowest BCUT2D eigenvalue weighted by molar-refractivity contribution is 0.482. The molecule has 8 aromatic rings. The average Bonchev–Trinajstić information content (AvgIpc) is 3.80. The molecule has 0 spiro atoms. The van der Waals surface area contributed by atoms with Gasteiger partial charge in [0.25, 0.3) is 0 Å². The average molecular weight is 667 g/mol. The van der Waals surface area contributed by atoms with Crippen LogP contribution in [0, 0.1) is 27.7 Å². The number of furan rings is 2. The summed E-state index contributed by atoms with van der Waals surface area (Å²) in [6, 6.07) is 44.5. The zero-order chi connectivity index (χ0) is 34.9. The lowest BCUT2D eigenvalue weighted by Gasteiger charge is -2.14. The molecule has 4 heterocycles. The van der Waals surface area contributed by atoms with E-state index in [2.05, 4.69) is 68.9 Å². The SMILES string of the molecule is Cc1ccc(-c2cc(Oc3cc(-c4cc(-c5ccccc5)c(C)nn4)cc(-c4ccc(C)o4)c3)cc(-c3cc(-c4ccccc4)c(C)nn3)c2)o1. The van der Waals surface area contributed by atoms with E-state index in [0.717, 1.165) is 90.3 Å². The summed E-state index contributed by atoms with van der Waals surface area (Å²) in [6.45, 7) is 7.82. The topological polar surface area (TPSA) is 87.1 Å². The van der Waals surface area contributed by atoms with Gasteiger partial charge in [-0.25, -0.2) is 0 Å². The third-order valence-corrected chi connectivity index (χ3v) is 8.82. The Kier molecular flexibility index (Phi) is 8.30. The highest BCUT2D eigenvalue weighted by Gasteiger charge is 2.16. The minimum Gasteiger partial charge on any atom is -0.461 e. The summed E-state index contributed by atoms with van der Waals surface area (Å²) in [7, 11) is 0. The van der Waals surface area contributed by atoms with E-state index in [9.17, 15) is 0 Å². The number of rotatable bonds is 8. The van der Waals surface area contributed by atoms with Gasteiger partial charge in [0.05, 0.1) is 22.8 Å². The van der Waals surface area contributed by atoms with Crippen LogP contribution in [0.2, 0.25) is 0 Å². The molecule has 0 aliphatic rings. The predicted octanol–water partition coefficient (Wildman–Crippen LogP) is 11.5. The second-order valence-electron chi connectivity index (χ2n) is 12.6. The maximum atomic E-state index is 6.74. The fraction of sp³-hybridized carbons (Fsp3) is 0.0909. The van der Waals surface area contributed by atoms with Crippen molar-refractivity contribution in [2.24, 2.45) is 0 Å². The molecule has 0 radical (unpaired) electrons. The molecule has 0 atom stereocenters. The molecule has 0 amide bonds. The van der Waals surface area contributed by atoms with Crippen molar-refractivity contribution in [2.45, 2.75) is 27.7 Å². The van der Waals surface area contributed by atoms with Crippen molar-refractivity contribution in [2.75, 3.05) is 0 Å². The maximum absolute atomic E-state index is 6.74. The lowest BCUT2D eigenvalue weighted by Crippen LogP contribution is -1.96. The number of hydrogen-bond acceptors (Lipinski definition) is 7. The summed E-state index contributed by atoms with van der Waals surface area (Å²) in [4.78, 5) is 0. The Morgan fingerprint density at radius 2 is 0.804 bits per heavy atom. The number of aromatic nitrogens is 4. The number of nitrogens with zero attached hydrogens (tertiary/aromatic N) is 4. The summed E-state index contributed by atoms with van der Waals surface area (Å²) in [6.07, 6.45) is 0. The molecule has 7 nitrogen and oxygen atoms in total. The second-order valence-corrected chi connectivity index (χ2v) is 12.6. The monoisotopic (exact) mass is 666 g/mol. The zero-order valence-corrected chi connectivity index (χ0v) is 28.7. The van der Waals surface area contributed by atoms with Gasteiger partial charge in [0.1, 0.15) is 34.5 Å². The van der Waals surface area contributed by atoms with Gasteiger partial charge in [-0.3, -0.25) is 0 Å². The van der Waals surface area contributed by atoms with Gasteiger partial charge in [0.15, 0.2) is 0 Å². The molecule has 4 aromatic carbocycles. The first-order valence-electron chi connectivity index (χ1n) is 16.8. The van der Waals surface area contributed by atoms with Gasteiger partial charge in [-0.15, -0.1) is 0 Å². The molecule has 0 aliphatic carbocycles. The Hall–Kier alpha value is -6.60. The Morgan fingerprint density at radius 1 is 0.392 bits per heavy atom. The van der Waals surface area contributed by atoms with Crippen LogP contribution in [0.3, 0.4) is 0 Å². The van der Waals surface area contributed by atoms with Crippen molar-refractivity contribution in [1.29, 1.82) is 0 Å². The number of ether oxygens (including phenoxy) is 1. The highest BCUT2D eigenvalue weighted by molar-refractivity contribution is 5.78. The molecule has 0 aliphatic heterocycles. The first-order valence-corrected chi connectivity index (χ1v) is 16.8. The zero-order valence-electron chi connectivity index (χ0n) is 28.7. The van der Waals surface area contributed by atoms with Crippen LogP contribution >= 0.6 is 0 Å². The third kappa shape index (κ3) is 6.70. The van der Waals surface area contributed by atoms with Crippen molar-refractivity contribution >= 4 is 0 Å². The standard InChI is InChI=1S/C44H34N4O3/c1-27-15-17-43(49-27)35-19-33(41-25-39(29(3)45-47-41)31-11-7-5-8-12-31)21-37(23-35)51-38-22-34(20-36(24-38)44-18-16-28(2)50-44)42-26-40(30(4)46-48-42)32-13-9-6-10-14-32/h5-26H,1-4H3. The van der Waals surface area contributed by atoms with E-state index in [4.69, 9.17) is 13.6 Å². The van der Waals surface area contributed by atoms with Crippen LogP contribution in [-0.4, -0.2) is 20.4 Å². The van der Waals surface area contributed by atoms with E-state index >= 15 is 0 Å². The Morgan fingerprint density at radius 3 is 1.20 bits per heavy atom. The van der Waals surface area contributed by atoms with E-state index in [-0.39, 0.29) is 0 Å². The molecule has 0 N–H and O–H groups in total. The van der Waals surface area contributed by atoms with E-state index in [0.29, 0.717) is 11.5 Å². The normalized spacial score (nSPS) is 11.1. The molecular formula is C44H34N4O3. The second kappa shape index (κ2) is 13.4. The third-order valence-electron chi connectivity index (χ3n) is 8.82. The predicted molar refractivity (Wildman–Crippen MR) is 200 cm³/mol. The van der Waals surface area contributed by atoms with Gasteiger partial charge in [0.2, 0.25) is 0 Å². The first kappa shape index (κ1) is 31.7. The van der Waals surface area contributed by atoms with Crippen LogP contribution in [0.4, 0.5) is 0 Å². The largest absolute Gasteiger partial charge is 0.461 e. The quantitative estimate of drug-likeness (QED) is 0.159. The molecule has 7 heteroatoms. The fourth-order valence-electron chi connectivity index (χ4n) is 6.22. The van der Waals surface area contributed by atoms with Crippen LogP contribution in [0.15, 0.2) is 142 Å². The number of benzene rings is 4. The van der Waals surface area contributed by atoms with Crippen molar-refractivity contribution in [1.82, 2.24) is 20.4 Å². The van der Waals surface area contributed by atoms with Crippen LogP contribution in [0.1, 0.15) is 22.9 Å². The lowest BCUT2D eigenvalue weighted by atomic mass is 10.00. The van der Waals surface area contributed by atoms with Crippen LogP contribution in [0.25, 0.3) is 67.4 Å². The summed E-state index contributed by atoms with van der Waals surface area (Å²) in [5, 5.41) is 18.3.